The number of carbonyl (C=O) groups excluding carboxylic acids is 2. The first-order valence-corrected chi connectivity index (χ1v) is 17.7. The van der Waals surface area contributed by atoms with Gasteiger partial charge in [0.05, 0.1) is 16.0 Å². The van der Waals surface area contributed by atoms with Gasteiger partial charge in [-0.25, -0.2) is 0 Å². The molecule has 48 heavy (non-hydrogen) atoms. The molecule has 2 aromatic carbocycles. The molecule has 256 valence electrons. The summed E-state index contributed by atoms with van der Waals surface area (Å²) < 4.78 is 11.4. The van der Waals surface area contributed by atoms with Crippen molar-refractivity contribution in [3.05, 3.63) is 79.2 Å². The second-order valence-corrected chi connectivity index (χ2v) is 13.8. The van der Waals surface area contributed by atoms with E-state index in [0.29, 0.717) is 62.0 Å². The number of hydrogen-bond acceptors (Lipinski definition) is 6. The van der Waals surface area contributed by atoms with Gasteiger partial charge in [-0.15, -0.1) is 0 Å². The topological polar surface area (TPSA) is 104 Å². The van der Waals surface area contributed by atoms with E-state index in [1.54, 1.807) is 0 Å². The molecule has 10 heteroatoms. The predicted molar refractivity (Wildman–Crippen MR) is 191 cm³/mol. The lowest BCUT2D eigenvalue weighted by molar-refractivity contribution is -0.126. The maximum absolute atomic E-state index is 14.1. The number of aryl methyl sites for hydroxylation is 2. The molecule has 2 amide bonds. The molecule has 1 spiro atoms. The Morgan fingerprint density at radius 2 is 1.75 bits per heavy atom. The number of benzene rings is 2. The zero-order valence-electron chi connectivity index (χ0n) is 28.8. The number of H-pyrrole nitrogens is 1. The Hall–Kier alpha value is -3.66. The third-order valence-electron chi connectivity index (χ3n) is 10.5. The Labute approximate surface area is 287 Å². The Balaban J connectivity index is 1.47. The average molecular weight is 675 g/mol. The molecule has 0 aliphatic carbocycles. The van der Waals surface area contributed by atoms with Crippen LogP contribution in [0, 0.1) is 20.8 Å². The summed E-state index contributed by atoms with van der Waals surface area (Å²) in [5.41, 5.74) is 6.98. The monoisotopic (exact) mass is 674 g/mol. The lowest BCUT2D eigenvalue weighted by atomic mass is 9.75. The van der Waals surface area contributed by atoms with Gasteiger partial charge in [-0.05, 0) is 100 Å². The van der Waals surface area contributed by atoms with Crippen LogP contribution in [-0.2, 0) is 26.2 Å². The van der Waals surface area contributed by atoms with E-state index in [9.17, 15) is 14.4 Å². The van der Waals surface area contributed by atoms with Crippen molar-refractivity contribution < 1.29 is 19.1 Å². The standard InChI is InChI=1S/C38H47ClN4O5/c1-6-14-43-32-20-26(8-9-30(32)38(37(43)46)12-17-48-18-13-38)28-21-31(42(7-2)27-10-15-47-16-11-27)25(5)33(34(28)39)36(45)40-22-29-23(3)19-24(4)41-35(29)44/h8-9,19-21,27H,6-7,10-18,22H2,1-5H3,(H,40,45)(H,41,44). The highest BCUT2D eigenvalue weighted by Crippen LogP contribution is 2.50. The molecule has 0 saturated carbocycles. The zero-order chi connectivity index (χ0) is 34.2. The number of nitrogens with one attached hydrogen (secondary N) is 2. The van der Waals surface area contributed by atoms with Gasteiger partial charge < -0.3 is 29.6 Å². The minimum atomic E-state index is -0.567. The number of aromatic nitrogens is 1. The summed E-state index contributed by atoms with van der Waals surface area (Å²) in [5, 5.41) is 3.35. The van der Waals surface area contributed by atoms with Crippen LogP contribution in [0.1, 0.15) is 84.3 Å². The Kier molecular flexibility index (Phi) is 10.0. The van der Waals surface area contributed by atoms with Crippen LogP contribution in [0.2, 0.25) is 5.02 Å². The second kappa shape index (κ2) is 14.1. The molecule has 4 heterocycles. The van der Waals surface area contributed by atoms with E-state index in [-0.39, 0.29) is 30.0 Å². The number of ether oxygens (including phenoxy) is 2. The van der Waals surface area contributed by atoms with Gasteiger partial charge in [-0.1, -0.05) is 30.7 Å². The van der Waals surface area contributed by atoms with E-state index in [0.717, 1.165) is 70.7 Å². The number of hydrogen-bond donors (Lipinski definition) is 2. The van der Waals surface area contributed by atoms with Gasteiger partial charge in [0.25, 0.3) is 11.5 Å². The fraction of sp³-hybridized carbons (Fsp3) is 0.500. The summed E-state index contributed by atoms with van der Waals surface area (Å²) in [4.78, 5) is 48.0. The van der Waals surface area contributed by atoms with Gasteiger partial charge in [-0.3, -0.25) is 14.4 Å². The zero-order valence-corrected chi connectivity index (χ0v) is 29.5. The number of fused-ring (bicyclic) bond motifs is 2. The summed E-state index contributed by atoms with van der Waals surface area (Å²) in [6, 6.07) is 10.5. The SMILES string of the molecule is CCCN1C(=O)C2(CCOCC2)c2ccc(-c3cc(N(CC)C4CCOCC4)c(C)c(C(=O)NCc4c(C)cc(C)[nH]c4=O)c3Cl)cc21. The van der Waals surface area contributed by atoms with E-state index in [4.69, 9.17) is 21.1 Å². The highest BCUT2D eigenvalue weighted by atomic mass is 35.5. The quantitative estimate of drug-likeness (QED) is 0.274. The van der Waals surface area contributed by atoms with Crippen LogP contribution in [0.3, 0.4) is 0 Å². The number of aromatic amines is 1. The van der Waals surface area contributed by atoms with Gasteiger partial charge in [0, 0.05) is 80.3 Å². The largest absolute Gasteiger partial charge is 0.381 e. The molecular formula is C38H47ClN4O5. The molecule has 9 nitrogen and oxygen atoms in total. The number of anilines is 2. The smallest absolute Gasteiger partial charge is 0.253 e. The molecule has 2 saturated heterocycles. The van der Waals surface area contributed by atoms with Crippen LogP contribution in [0.15, 0.2) is 35.1 Å². The van der Waals surface area contributed by atoms with Crippen molar-refractivity contribution in [3.8, 4) is 11.1 Å². The third kappa shape index (κ3) is 6.05. The van der Waals surface area contributed by atoms with Crippen molar-refractivity contribution >= 4 is 34.8 Å². The van der Waals surface area contributed by atoms with Gasteiger partial charge in [0.15, 0.2) is 0 Å². The average Bonchev–Trinajstić information content (AvgIpc) is 3.28. The first-order chi connectivity index (χ1) is 23.1. The van der Waals surface area contributed by atoms with Crippen LogP contribution in [-0.4, -0.2) is 62.4 Å². The second-order valence-electron chi connectivity index (χ2n) is 13.4. The lowest BCUT2D eigenvalue weighted by Crippen LogP contribution is -2.44. The Morgan fingerprint density at radius 1 is 1.04 bits per heavy atom. The number of halogens is 1. The molecule has 3 aliphatic heterocycles. The van der Waals surface area contributed by atoms with Crippen molar-refractivity contribution in [3.63, 3.8) is 0 Å². The van der Waals surface area contributed by atoms with E-state index < -0.39 is 5.41 Å². The van der Waals surface area contributed by atoms with Crippen LogP contribution in [0.5, 0.6) is 0 Å². The summed E-state index contributed by atoms with van der Waals surface area (Å²) in [6.45, 7) is 13.8. The fourth-order valence-electron chi connectivity index (χ4n) is 7.95. The molecular weight excluding hydrogens is 628 g/mol. The third-order valence-corrected chi connectivity index (χ3v) is 10.9. The van der Waals surface area contributed by atoms with Crippen molar-refractivity contribution in [2.24, 2.45) is 0 Å². The molecule has 0 unspecified atom stereocenters. The minimum Gasteiger partial charge on any atom is -0.381 e. The molecule has 2 N–H and O–H groups in total. The summed E-state index contributed by atoms with van der Waals surface area (Å²) in [5.74, 6) is -0.193. The number of pyridine rings is 1. The molecule has 0 radical (unpaired) electrons. The number of amides is 2. The number of rotatable bonds is 9. The fourth-order valence-corrected chi connectivity index (χ4v) is 8.34. The maximum Gasteiger partial charge on any atom is 0.253 e. The van der Waals surface area contributed by atoms with Crippen LogP contribution < -0.4 is 20.7 Å². The molecule has 6 rings (SSSR count). The predicted octanol–water partition coefficient (Wildman–Crippen LogP) is 6.36. The first kappa shape index (κ1) is 34.2. The van der Waals surface area contributed by atoms with Gasteiger partial charge >= 0.3 is 0 Å². The minimum absolute atomic E-state index is 0.0752. The molecule has 0 bridgehead atoms. The molecule has 3 aromatic rings. The summed E-state index contributed by atoms with van der Waals surface area (Å²) in [6.07, 6.45) is 3.94. The maximum atomic E-state index is 14.1. The van der Waals surface area contributed by atoms with E-state index in [1.165, 1.54) is 0 Å². The Morgan fingerprint density at radius 3 is 2.42 bits per heavy atom. The van der Waals surface area contributed by atoms with E-state index >= 15 is 0 Å². The summed E-state index contributed by atoms with van der Waals surface area (Å²) >= 11 is 7.27. The number of carbonyl (C=O) groups is 2. The van der Waals surface area contributed by atoms with Crippen LogP contribution in [0.4, 0.5) is 11.4 Å². The van der Waals surface area contributed by atoms with Gasteiger partial charge in [0.1, 0.15) is 0 Å². The highest BCUT2D eigenvalue weighted by molar-refractivity contribution is 6.37. The van der Waals surface area contributed by atoms with E-state index in [2.05, 4.69) is 47.2 Å². The van der Waals surface area contributed by atoms with E-state index in [1.807, 2.05) is 37.8 Å². The lowest BCUT2D eigenvalue weighted by Gasteiger charge is -2.37. The molecule has 1 aromatic heterocycles. The summed E-state index contributed by atoms with van der Waals surface area (Å²) in [7, 11) is 0. The first-order valence-electron chi connectivity index (χ1n) is 17.3. The van der Waals surface area contributed by atoms with Crippen molar-refractivity contribution in [2.75, 3.05) is 49.3 Å². The van der Waals surface area contributed by atoms with Crippen molar-refractivity contribution in [1.29, 1.82) is 0 Å². The molecule has 0 atom stereocenters. The van der Waals surface area contributed by atoms with Crippen molar-refractivity contribution in [2.45, 2.75) is 84.7 Å². The Bertz CT molecular complexity index is 1770. The van der Waals surface area contributed by atoms with Gasteiger partial charge in [0.2, 0.25) is 5.91 Å². The molecule has 2 fully saturated rings. The van der Waals surface area contributed by atoms with Crippen LogP contribution in [0.25, 0.3) is 11.1 Å². The van der Waals surface area contributed by atoms with Crippen molar-refractivity contribution in [1.82, 2.24) is 10.3 Å². The molecule has 3 aliphatic rings. The normalized spacial score (nSPS) is 17.5. The van der Waals surface area contributed by atoms with Gasteiger partial charge in [-0.2, -0.15) is 0 Å². The van der Waals surface area contributed by atoms with Crippen LogP contribution >= 0.6 is 11.6 Å². The highest BCUT2D eigenvalue weighted by Gasteiger charge is 2.51. The number of nitrogens with zero attached hydrogens (tertiary/aromatic N) is 2.